The van der Waals surface area contributed by atoms with Gasteiger partial charge < -0.3 is 10.3 Å². The number of nitrogens with one attached hydrogen (secondary N) is 2. The maximum Gasteiger partial charge on any atom is 0.268 e. The van der Waals surface area contributed by atoms with Gasteiger partial charge in [-0.3, -0.25) is 9.59 Å². The Labute approximate surface area is 155 Å². The largest absolute Gasteiger partial charge is 0.347 e. The van der Waals surface area contributed by atoms with Gasteiger partial charge in [0.2, 0.25) is 0 Å². The fourth-order valence-corrected chi connectivity index (χ4v) is 3.06. The van der Waals surface area contributed by atoms with E-state index in [1.807, 2.05) is 60.7 Å². The molecule has 0 spiro atoms. The fraction of sp³-hybridized carbons (Fsp3) is 0.0952. The van der Waals surface area contributed by atoms with Gasteiger partial charge in [-0.25, -0.2) is 4.68 Å². The fourth-order valence-electron chi connectivity index (χ4n) is 3.06. The van der Waals surface area contributed by atoms with Crippen molar-refractivity contribution >= 4 is 16.9 Å². The first-order chi connectivity index (χ1) is 13.1. The third-order valence-corrected chi connectivity index (χ3v) is 4.38. The topological polar surface area (TPSA) is 79.8 Å². The number of rotatable bonds is 4. The van der Waals surface area contributed by atoms with Gasteiger partial charge in [0.25, 0.3) is 5.91 Å². The highest BCUT2D eigenvalue weighted by atomic mass is 16.2. The van der Waals surface area contributed by atoms with Crippen LogP contribution in [0.25, 0.3) is 16.7 Å². The minimum atomic E-state index is -0.337. The van der Waals surface area contributed by atoms with Crippen LogP contribution in [-0.4, -0.2) is 20.7 Å². The zero-order chi connectivity index (χ0) is 18.8. The van der Waals surface area contributed by atoms with E-state index >= 15 is 0 Å². The van der Waals surface area contributed by atoms with Crippen molar-refractivity contribution in [3.63, 3.8) is 0 Å². The molecule has 2 aromatic carbocycles. The van der Waals surface area contributed by atoms with Crippen molar-refractivity contribution in [3.8, 4) is 5.69 Å². The lowest BCUT2D eigenvalue weighted by Crippen LogP contribution is -2.25. The normalized spacial score (nSPS) is 10.9. The molecular formula is C21H18N4O2. The summed E-state index contributed by atoms with van der Waals surface area (Å²) in [5.41, 5.74) is 2.91. The molecular weight excluding hydrogens is 340 g/mol. The van der Waals surface area contributed by atoms with Gasteiger partial charge in [-0.1, -0.05) is 48.5 Å². The molecule has 0 aliphatic carbocycles. The van der Waals surface area contributed by atoms with Crippen LogP contribution in [0.2, 0.25) is 0 Å². The summed E-state index contributed by atoms with van der Waals surface area (Å²) in [6, 6.07) is 20.4. The van der Waals surface area contributed by atoms with E-state index < -0.39 is 0 Å². The molecule has 0 saturated carbocycles. The van der Waals surface area contributed by atoms with Crippen molar-refractivity contribution in [2.45, 2.75) is 13.5 Å². The molecule has 0 aliphatic heterocycles. The van der Waals surface area contributed by atoms with Gasteiger partial charge in [-0.2, -0.15) is 5.10 Å². The molecule has 0 atom stereocenters. The highest BCUT2D eigenvalue weighted by molar-refractivity contribution is 5.94. The monoisotopic (exact) mass is 358 g/mol. The number of fused-ring (bicyclic) bond motifs is 1. The number of hydrogen-bond acceptors (Lipinski definition) is 3. The summed E-state index contributed by atoms with van der Waals surface area (Å²) in [6.45, 7) is 2.17. The summed E-state index contributed by atoms with van der Waals surface area (Å²) in [5, 5.41) is 7.79. The first-order valence-corrected chi connectivity index (χ1v) is 8.63. The van der Waals surface area contributed by atoms with Crippen LogP contribution in [0.4, 0.5) is 0 Å². The first-order valence-electron chi connectivity index (χ1n) is 8.63. The number of aromatic amines is 1. The predicted molar refractivity (Wildman–Crippen MR) is 104 cm³/mol. The maximum atomic E-state index is 12.6. The van der Waals surface area contributed by atoms with Gasteiger partial charge in [-0.05, 0) is 24.6 Å². The number of H-pyrrole nitrogens is 1. The molecule has 4 rings (SSSR count). The van der Waals surface area contributed by atoms with E-state index in [-0.39, 0.29) is 17.0 Å². The Morgan fingerprint density at radius 2 is 1.74 bits per heavy atom. The molecule has 0 bridgehead atoms. The standard InChI is InChI=1S/C21H18N4O2/c1-14-19-18(26)12-17(21(27)22-13-15-8-4-2-5-9-15)23-20(19)25(24-14)16-10-6-3-7-11-16/h2-12H,13H2,1H3,(H,22,27)(H,23,26). The second-order valence-corrected chi connectivity index (χ2v) is 6.27. The number of benzene rings is 2. The van der Waals surface area contributed by atoms with Crippen LogP contribution in [0.15, 0.2) is 71.5 Å². The third-order valence-electron chi connectivity index (χ3n) is 4.38. The Morgan fingerprint density at radius 3 is 2.44 bits per heavy atom. The average molecular weight is 358 g/mol. The van der Waals surface area contributed by atoms with Crippen molar-refractivity contribution in [2.75, 3.05) is 0 Å². The summed E-state index contributed by atoms with van der Waals surface area (Å²) < 4.78 is 1.65. The molecule has 1 amide bonds. The summed E-state index contributed by atoms with van der Waals surface area (Å²) in [4.78, 5) is 28.2. The highest BCUT2D eigenvalue weighted by Crippen LogP contribution is 2.17. The van der Waals surface area contributed by atoms with Gasteiger partial charge >= 0.3 is 0 Å². The van der Waals surface area contributed by atoms with Crippen LogP contribution >= 0.6 is 0 Å². The number of aromatic nitrogens is 3. The summed E-state index contributed by atoms with van der Waals surface area (Å²) >= 11 is 0. The summed E-state index contributed by atoms with van der Waals surface area (Å²) in [7, 11) is 0. The minimum absolute atomic E-state index is 0.209. The Kier molecular flexibility index (Phi) is 4.30. The molecule has 0 aliphatic rings. The Morgan fingerprint density at radius 1 is 1.07 bits per heavy atom. The Hall–Kier alpha value is -3.67. The number of hydrogen-bond donors (Lipinski definition) is 2. The second kappa shape index (κ2) is 6.92. The lowest BCUT2D eigenvalue weighted by atomic mass is 10.2. The molecule has 6 heteroatoms. The zero-order valence-corrected chi connectivity index (χ0v) is 14.8. The van der Waals surface area contributed by atoms with E-state index in [4.69, 9.17) is 0 Å². The predicted octanol–water partition coefficient (Wildman–Crippen LogP) is 2.95. The van der Waals surface area contributed by atoms with Gasteiger partial charge in [0.1, 0.15) is 11.3 Å². The van der Waals surface area contributed by atoms with Crippen LogP contribution < -0.4 is 10.7 Å². The molecule has 2 heterocycles. The number of amides is 1. The number of aryl methyl sites for hydroxylation is 1. The SMILES string of the molecule is Cc1nn(-c2ccccc2)c2[nH]c(C(=O)NCc3ccccc3)cc(=O)c12. The van der Waals surface area contributed by atoms with E-state index in [1.54, 1.807) is 11.6 Å². The lowest BCUT2D eigenvalue weighted by Gasteiger charge is -2.07. The molecule has 0 unspecified atom stereocenters. The number of nitrogens with zero attached hydrogens (tertiary/aromatic N) is 2. The molecule has 134 valence electrons. The van der Waals surface area contributed by atoms with Gasteiger partial charge in [0.15, 0.2) is 5.43 Å². The summed E-state index contributed by atoms with van der Waals surface area (Å²) in [5.74, 6) is -0.337. The third kappa shape index (κ3) is 3.25. The molecule has 2 aromatic heterocycles. The number of para-hydroxylation sites is 1. The molecule has 0 fully saturated rings. The van der Waals surface area contributed by atoms with Crippen LogP contribution in [0.1, 0.15) is 21.7 Å². The smallest absolute Gasteiger partial charge is 0.268 e. The summed E-state index contributed by atoms with van der Waals surface area (Å²) in [6.07, 6.45) is 0. The van der Waals surface area contributed by atoms with Crippen molar-refractivity contribution < 1.29 is 4.79 Å². The van der Waals surface area contributed by atoms with Crippen LogP contribution in [0.3, 0.4) is 0 Å². The quantitative estimate of drug-likeness (QED) is 0.589. The number of pyridine rings is 1. The lowest BCUT2D eigenvalue weighted by molar-refractivity contribution is 0.0946. The van der Waals surface area contributed by atoms with Crippen molar-refractivity contribution in [1.82, 2.24) is 20.1 Å². The van der Waals surface area contributed by atoms with E-state index in [0.29, 0.717) is 23.3 Å². The van der Waals surface area contributed by atoms with Gasteiger partial charge in [0, 0.05) is 12.6 Å². The molecule has 0 radical (unpaired) electrons. The van der Waals surface area contributed by atoms with Crippen LogP contribution in [-0.2, 0) is 6.54 Å². The van der Waals surface area contributed by atoms with Crippen LogP contribution in [0.5, 0.6) is 0 Å². The highest BCUT2D eigenvalue weighted by Gasteiger charge is 2.16. The molecule has 6 nitrogen and oxygen atoms in total. The molecule has 0 saturated heterocycles. The molecule has 4 aromatic rings. The van der Waals surface area contributed by atoms with E-state index in [1.165, 1.54) is 6.07 Å². The minimum Gasteiger partial charge on any atom is -0.347 e. The Bertz CT molecular complexity index is 1160. The van der Waals surface area contributed by atoms with E-state index in [2.05, 4.69) is 15.4 Å². The molecule has 27 heavy (non-hydrogen) atoms. The van der Waals surface area contributed by atoms with Crippen molar-refractivity contribution in [3.05, 3.63) is 93.9 Å². The maximum absolute atomic E-state index is 12.6. The van der Waals surface area contributed by atoms with E-state index in [0.717, 1.165) is 11.3 Å². The van der Waals surface area contributed by atoms with Gasteiger partial charge in [-0.15, -0.1) is 0 Å². The zero-order valence-electron chi connectivity index (χ0n) is 14.8. The van der Waals surface area contributed by atoms with Crippen LogP contribution in [0, 0.1) is 6.92 Å². The van der Waals surface area contributed by atoms with Crippen molar-refractivity contribution in [1.29, 1.82) is 0 Å². The second-order valence-electron chi connectivity index (χ2n) is 6.27. The van der Waals surface area contributed by atoms with Crippen molar-refractivity contribution in [2.24, 2.45) is 0 Å². The number of carbonyl (C=O) groups excluding carboxylic acids is 1. The van der Waals surface area contributed by atoms with E-state index in [9.17, 15) is 9.59 Å². The Balaban J connectivity index is 1.72. The first kappa shape index (κ1) is 16.8. The number of carbonyl (C=O) groups is 1. The van der Waals surface area contributed by atoms with Gasteiger partial charge in [0.05, 0.1) is 16.8 Å². The average Bonchev–Trinajstić information content (AvgIpc) is 3.04. The molecule has 2 N–H and O–H groups in total.